The second-order valence-corrected chi connectivity index (χ2v) is 4.24. The fourth-order valence-corrected chi connectivity index (χ4v) is 1.70. The number of benzene rings is 1. The topological polar surface area (TPSA) is 30.5 Å². The second kappa shape index (κ2) is 4.21. The highest BCUT2D eigenvalue weighted by molar-refractivity contribution is 5.29. The molecule has 0 spiro atoms. The summed E-state index contributed by atoms with van der Waals surface area (Å²) in [6.07, 6.45) is 0. The first-order valence-electron chi connectivity index (χ1n) is 5.19. The van der Waals surface area contributed by atoms with Crippen LogP contribution in [0.5, 0.6) is 5.75 Å². The number of ether oxygens (including phenoxy) is 2. The Labute approximate surface area is 90.4 Å². The molecule has 1 fully saturated rings. The Kier molecular flexibility index (Phi) is 2.93. The minimum atomic E-state index is -0.0360. The maximum absolute atomic E-state index is 5.91. The van der Waals surface area contributed by atoms with Crippen molar-refractivity contribution in [3.8, 4) is 5.75 Å². The molecule has 2 rings (SSSR count). The quantitative estimate of drug-likeness (QED) is 0.813. The van der Waals surface area contributed by atoms with E-state index >= 15 is 0 Å². The van der Waals surface area contributed by atoms with Gasteiger partial charge in [-0.05, 0) is 24.6 Å². The first kappa shape index (κ1) is 10.5. The molecule has 1 heterocycles. The zero-order valence-electron chi connectivity index (χ0n) is 9.25. The molecule has 1 aromatic rings. The van der Waals surface area contributed by atoms with Crippen LogP contribution in [0.2, 0.25) is 0 Å². The van der Waals surface area contributed by atoms with Gasteiger partial charge in [-0.3, -0.25) is 0 Å². The highest BCUT2D eigenvalue weighted by Crippen LogP contribution is 2.22. The second-order valence-electron chi connectivity index (χ2n) is 4.24. The van der Waals surface area contributed by atoms with Crippen molar-refractivity contribution in [2.45, 2.75) is 19.1 Å². The molecule has 1 aliphatic heterocycles. The Morgan fingerprint density at radius 3 is 2.80 bits per heavy atom. The minimum absolute atomic E-state index is 0.0360. The van der Waals surface area contributed by atoms with Crippen molar-refractivity contribution in [3.05, 3.63) is 29.8 Å². The zero-order chi connectivity index (χ0) is 10.7. The lowest BCUT2D eigenvalue weighted by molar-refractivity contribution is 0.0346. The number of hydrogen-bond donors (Lipinski definition) is 1. The van der Waals surface area contributed by atoms with Crippen LogP contribution < -0.4 is 10.1 Å². The molecule has 1 aliphatic rings. The summed E-state index contributed by atoms with van der Waals surface area (Å²) in [6, 6.07) is 8.06. The molecule has 15 heavy (non-hydrogen) atoms. The van der Waals surface area contributed by atoms with Gasteiger partial charge in [0.2, 0.25) is 0 Å². The molecule has 1 N–H and O–H groups in total. The summed E-state index contributed by atoms with van der Waals surface area (Å²) in [4.78, 5) is 0. The third kappa shape index (κ3) is 2.49. The predicted molar refractivity (Wildman–Crippen MR) is 59.1 cm³/mol. The molecule has 0 amide bonds. The molecule has 1 saturated heterocycles. The first-order chi connectivity index (χ1) is 7.22. The van der Waals surface area contributed by atoms with Crippen LogP contribution in [0.25, 0.3) is 0 Å². The van der Waals surface area contributed by atoms with Gasteiger partial charge in [-0.1, -0.05) is 12.1 Å². The van der Waals surface area contributed by atoms with Crippen LogP contribution in [0.1, 0.15) is 12.5 Å². The average Bonchev–Trinajstić information content (AvgIpc) is 2.16. The van der Waals surface area contributed by atoms with Gasteiger partial charge in [0.1, 0.15) is 11.4 Å². The van der Waals surface area contributed by atoms with E-state index in [-0.39, 0.29) is 5.60 Å². The van der Waals surface area contributed by atoms with Crippen LogP contribution >= 0.6 is 0 Å². The number of nitrogens with one attached hydrogen (secondary N) is 1. The first-order valence-corrected chi connectivity index (χ1v) is 5.19. The molecule has 0 bridgehead atoms. The number of rotatable bonds is 4. The van der Waals surface area contributed by atoms with Crippen LogP contribution in [0.4, 0.5) is 0 Å². The van der Waals surface area contributed by atoms with Crippen molar-refractivity contribution < 1.29 is 9.47 Å². The van der Waals surface area contributed by atoms with Gasteiger partial charge in [-0.2, -0.15) is 0 Å². The summed E-state index contributed by atoms with van der Waals surface area (Å²) in [6.45, 7) is 4.58. The Morgan fingerprint density at radius 1 is 1.40 bits per heavy atom. The van der Waals surface area contributed by atoms with Crippen molar-refractivity contribution in [2.24, 2.45) is 0 Å². The zero-order valence-corrected chi connectivity index (χ0v) is 9.25. The van der Waals surface area contributed by atoms with Crippen LogP contribution in [0.15, 0.2) is 24.3 Å². The summed E-state index contributed by atoms with van der Waals surface area (Å²) in [5.74, 6) is 0.925. The Morgan fingerprint density at radius 2 is 2.20 bits per heavy atom. The van der Waals surface area contributed by atoms with E-state index in [1.54, 1.807) is 7.11 Å². The van der Waals surface area contributed by atoms with Gasteiger partial charge in [-0.25, -0.2) is 0 Å². The van der Waals surface area contributed by atoms with E-state index < -0.39 is 0 Å². The summed E-state index contributed by atoms with van der Waals surface area (Å²) in [5.41, 5.74) is 1.11. The molecule has 3 nitrogen and oxygen atoms in total. The molecule has 0 aliphatic carbocycles. The van der Waals surface area contributed by atoms with Gasteiger partial charge in [-0.15, -0.1) is 0 Å². The van der Waals surface area contributed by atoms with Crippen LogP contribution in [-0.2, 0) is 11.3 Å². The number of methoxy groups -OCH3 is 1. The van der Waals surface area contributed by atoms with E-state index in [1.165, 1.54) is 0 Å². The summed E-state index contributed by atoms with van der Waals surface area (Å²) in [7, 11) is 1.70. The Bertz CT molecular complexity index is 334. The van der Waals surface area contributed by atoms with Crippen molar-refractivity contribution >= 4 is 0 Å². The smallest absolute Gasteiger partial charge is 0.131 e. The van der Waals surface area contributed by atoms with Gasteiger partial charge < -0.3 is 14.8 Å². The number of hydrogen-bond acceptors (Lipinski definition) is 3. The molecule has 0 saturated carbocycles. The van der Waals surface area contributed by atoms with Crippen molar-refractivity contribution in [1.82, 2.24) is 5.32 Å². The van der Waals surface area contributed by atoms with Crippen LogP contribution in [0.3, 0.4) is 0 Å². The molecular weight excluding hydrogens is 190 g/mol. The standard InChI is InChI=1S/C12H17NO2/c1-12(8-13-9-12)15-11-5-3-4-10(6-11)7-14-2/h3-6,13H,7-9H2,1-2H3. The summed E-state index contributed by atoms with van der Waals surface area (Å²) < 4.78 is 11.0. The van der Waals surface area contributed by atoms with E-state index in [0.717, 1.165) is 24.4 Å². The van der Waals surface area contributed by atoms with Gasteiger partial charge in [0.15, 0.2) is 0 Å². The summed E-state index contributed by atoms with van der Waals surface area (Å²) in [5, 5.41) is 3.21. The van der Waals surface area contributed by atoms with Gasteiger partial charge in [0.25, 0.3) is 0 Å². The maximum Gasteiger partial charge on any atom is 0.131 e. The molecule has 0 radical (unpaired) electrons. The van der Waals surface area contributed by atoms with Crippen molar-refractivity contribution in [1.29, 1.82) is 0 Å². The molecule has 1 aromatic carbocycles. The lowest BCUT2D eigenvalue weighted by atomic mass is 10.00. The minimum Gasteiger partial charge on any atom is -0.485 e. The van der Waals surface area contributed by atoms with Crippen molar-refractivity contribution in [2.75, 3.05) is 20.2 Å². The van der Waals surface area contributed by atoms with Crippen LogP contribution in [-0.4, -0.2) is 25.8 Å². The third-order valence-electron chi connectivity index (χ3n) is 2.57. The van der Waals surface area contributed by atoms with Gasteiger partial charge in [0.05, 0.1) is 6.61 Å². The molecule has 0 unspecified atom stereocenters. The molecular formula is C12H17NO2. The van der Waals surface area contributed by atoms with Gasteiger partial charge in [0, 0.05) is 20.2 Å². The maximum atomic E-state index is 5.91. The van der Waals surface area contributed by atoms with E-state index in [2.05, 4.69) is 12.2 Å². The molecule has 82 valence electrons. The fourth-order valence-electron chi connectivity index (χ4n) is 1.70. The lowest BCUT2D eigenvalue weighted by Gasteiger charge is -2.39. The molecule has 3 heteroatoms. The molecule has 0 aromatic heterocycles. The third-order valence-corrected chi connectivity index (χ3v) is 2.57. The average molecular weight is 207 g/mol. The van der Waals surface area contributed by atoms with E-state index in [1.807, 2.05) is 24.3 Å². The highest BCUT2D eigenvalue weighted by atomic mass is 16.5. The van der Waals surface area contributed by atoms with Crippen LogP contribution in [0, 0.1) is 0 Å². The Hall–Kier alpha value is -1.06. The monoisotopic (exact) mass is 207 g/mol. The predicted octanol–water partition coefficient (Wildman–Crippen LogP) is 1.57. The molecule has 0 atom stereocenters. The lowest BCUT2D eigenvalue weighted by Crippen LogP contribution is -2.61. The highest BCUT2D eigenvalue weighted by Gasteiger charge is 2.33. The van der Waals surface area contributed by atoms with E-state index in [4.69, 9.17) is 9.47 Å². The van der Waals surface area contributed by atoms with Gasteiger partial charge >= 0.3 is 0 Å². The van der Waals surface area contributed by atoms with E-state index in [9.17, 15) is 0 Å². The SMILES string of the molecule is COCc1cccc(OC2(C)CNC2)c1. The normalized spacial score (nSPS) is 18.3. The summed E-state index contributed by atoms with van der Waals surface area (Å²) >= 11 is 0. The Balaban J connectivity index is 2.04. The van der Waals surface area contributed by atoms with E-state index in [0.29, 0.717) is 6.61 Å². The van der Waals surface area contributed by atoms with Crippen molar-refractivity contribution in [3.63, 3.8) is 0 Å². The fraction of sp³-hybridized carbons (Fsp3) is 0.500. The largest absolute Gasteiger partial charge is 0.485 e.